The first-order valence-electron chi connectivity index (χ1n) is 8.36. The molecule has 0 radical (unpaired) electrons. The molecular formula is C19H19BrN2O4. The fraction of sp³-hybridized carbons (Fsp3) is 0.316. The monoisotopic (exact) mass is 418 g/mol. The van der Waals surface area contributed by atoms with Gasteiger partial charge in [0, 0.05) is 35.3 Å². The molecule has 1 N–H and O–H groups in total. The van der Waals surface area contributed by atoms with Gasteiger partial charge < -0.3 is 5.11 Å². The number of non-ortho nitro benzene ring substituents is 1. The van der Waals surface area contributed by atoms with E-state index in [0.29, 0.717) is 31.5 Å². The Morgan fingerprint density at radius 1 is 1.19 bits per heavy atom. The van der Waals surface area contributed by atoms with Crippen molar-refractivity contribution in [3.63, 3.8) is 0 Å². The number of aliphatic hydroxyl groups is 1. The van der Waals surface area contributed by atoms with E-state index in [1.807, 2.05) is 29.2 Å². The second-order valence-corrected chi connectivity index (χ2v) is 7.46. The van der Waals surface area contributed by atoms with Crippen molar-refractivity contribution in [2.75, 3.05) is 19.6 Å². The van der Waals surface area contributed by atoms with Gasteiger partial charge in [-0.15, -0.1) is 0 Å². The highest BCUT2D eigenvalue weighted by molar-refractivity contribution is 9.10. The molecule has 0 bridgehead atoms. The van der Waals surface area contributed by atoms with Crippen LogP contribution in [0.15, 0.2) is 53.0 Å². The second kappa shape index (κ2) is 7.65. The molecule has 0 amide bonds. The summed E-state index contributed by atoms with van der Waals surface area (Å²) in [5.74, 6) is -0.150. The lowest BCUT2D eigenvalue weighted by Crippen LogP contribution is -2.44. The third-order valence-corrected chi connectivity index (χ3v) is 5.34. The zero-order valence-corrected chi connectivity index (χ0v) is 15.7. The number of carbonyl (C=O) groups is 1. The molecule has 7 heteroatoms. The smallest absolute Gasteiger partial charge is 0.270 e. The van der Waals surface area contributed by atoms with Gasteiger partial charge in [0.05, 0.1) is 17.1 Å². The quantitative estimate of drug-likeness (QED) is 0.456. The zero-order valence-electron chi connectivity index (χ0n) is 14.1. The summed E-state index contributed by atoms with van der Waals surface area (Å²) < 4.78 is 0.963. The Balaban J connectivity index is 1.61. The van der Waals surface area contributed by atoms with Gasteiger partial charge in [-0.2, -0.15) is 0 Å². The Morgan fingerprint density at radius 3 is 2.46 bits per heavy atom. The molecule has 26 heavy (non-hydrogen) atoms. The van der Waals surface area contributed by atoms with Crippen molar-refractivity contribution in [1.29, 1.82) is 0 Å². The number of likely N-dealkylation sites (tertiary alicyclic amines) is 1. The molecule has 3 rings (SSSR count). The van der Waals surface area contributed by atoms with Crippen molar-refractivity contribution >= 4 is 27.4 Å². The average molecular weight is 419 g/mol. The molecule has 6 nitrogen and oxygen atoms in total. The minimum atomic E-state index is -0.883. The number of carbonyl (C=O) groups excluding carboxylic acids is 1. The van der Waals surface area contributed by atoms with Crippen LogP contribution in [0.25, 0.3) is 0 Å². The molecule has 1 saturated heterocycles. The highest BCUT2D eigenvalue weighted by atomic mass is 79.9. The lowest BCUT2D eigenvalue weighted by molar-refractivity contribution is -0.384. The summed E-state index contributed by atoms with van der Waals surface area (Å²) in [5, 5.41) is 21.7. The summed E-state index contributed by atoms with van der Waals surface area (Å²) in [6, 6.07) is 13.4. The number of rotatable bonds is 5. The first-order chi connectivity index (χ1) is 12.4. The molecule has 2 aromatic carbocycles. The Labute approximate surface area is 159 Å². The van der Waals surface area contributed by atoms with E-state index in [2.05, 4.69) is 15.9 Å². The van der Waals surface area contributed by atoms with Gasteiger partial charge in [-0.25, -0.2) is 0 Å². The number of Topliss-reactive ketones (excluding diaryl/α,β-unsaturated/α-hetero) is 1. The van der Waals surface area contributed by atoms with Gasteiger partial charge in [-0.3, -0.25) is 19.8 Å². The maximum absolute atomic E-state index is 12.4. The molecule has 1 heterocycles. The number of piperidine rings is 1. The molecular weight excluding hydrogens is 400 g/mol. The maximum atomic E-state index is 12.4. The number of hydrogen-bond acceptors (Lipinski definition) is 5. The van der Waals surface area contributed by atoms with Crippen LogP contribution in [0.3, 0.4) is 0 Å². The topological polar surface area (TPSA) is 83.7 Å². The first kappa shape index (κ1) is 18.7. The average Bonchev–Trinajstić information content (AvgIpc) is 2.64. The Kier molecular flexibility index (Phi) is 5.50. The molecule has 0 aliphatic carbocycles. The molecule has 136 valence electrons. The largest absolute Gasteiger partial charge is 0.385 e. The minimum absolute atomic E-state index is 0.0842. The SMILES string of the molecule is O=C(CN1CCC(O)(c2ccc(Br)cc2)CC1)c1cccc([N+](=O)[O-])c1. The highest BCUT2D eigenvalue weighted by Crippen LogP contribution is 2.33. The number of nitro benzene ring substituents is 1. The van der Waals surface area contributed by atoms with Crippen LogP contribution in [0.2, 0.25) is 0 Å². The fourth-order valence-corrected chi connectivity index (χ4v) is 3.48. The van der Waals surface area contributed by atoms with Crippen molar-refractivity contribution in [2.24, 2.45) is 0 Å². The Bertz CT molecular complexity index is 815. The van der Waals surface area contributed by atoms with Crippen LogP contribution >= 0.6 is 15.9 Å². The molecule has 1 aliphatic heterocycles. The number of halogens is 1. The number of benzene rings is 2. The van der Waals surface area contributed by atoms with Crippen molar-refractivity contribution in [1.82, 2.24) is 4.90 Å². The number of ketones is 1. The van der Waals surface area contributed by atoms with Crippen LogP contribution in [-0.2, 0) is 5.60 Å². The van der Waals surface area contributed by atoms with Gasteiger partial charge in [0.15, 0.2) is 5.78 Å². The van der Waals surface area contributed by atoms with Crippen LogP contribution in [0.4, 0.5) is 5.69 Å². The Morgan fingerprint density at radius 2 is 1.85 bits per heavy atom. The van der Waals surface area contributed by atoms with Gasteiger partial charge in [-0.05, 0) is 30.5 Å². The molecule has 2 aromatic rings. The van der Waals surface area contributed by atoms with Crippen LogP contribution in [0.5, 0.6) is 0 Å². The summed E-state index contributed by atoms with van der Waals surface area (Å²) in [5.41, 5.74) is 0.253. The predicted octanol–water partition coefficient (Wildman–Crippen LogP) is 3.52. The maximum Gasteiger partial charge on any atom is 0.270 e. The summed E-state index contributed by atoms with van der Waals surface area (Å²) in [6.07, 6.45) is 1.08. The van der Waals surface area contributed by atoms with E-state index in [1.54, 1.807) is 6.07 Å². The van der Waals surface area contributed by atoms with E-state index in [9.17, 15) is 20.0 Å². The fourth-order valence-electron chi connectivity index (χ4n) is 3.22. The van der Waals surface area contributed by atoms with Crippen LogP contribution in [0, 0.1) is 10.1 Å². The molecule has 0 spiro atoms. The molecule has 1 aliphatic rings. The third kappa shape index (κ3) is 4.17. The lowest BCUT2D eigenvalue weighted by atomic mass is 9.84. The first-order valence-corrected chi connectivity index (χ1v) is 9.15. The molecule has 0 saturated carbocycles. The Hall–Kier alpha value is -2.09. The van der Waals surface area contributed by atoms with Crippen LogP contribution in [-0.4, -0.2) is 40.3 Å². The summed E-state index contributed by atoms with van der Waals surface area (Å²) in [7, 11) is 0. The summed E-state index contributed by atoms with van der Waals surface area (Å²) in [4.78, 5) is 24.7. The highest BCUT2D eigenvalue weighted by Gasteiger charge is 2.34. The predicted molar refractivity (Wildman–Crippen MR) is 101 cm³/mol. The van der Waals surface area contributed by atoms with E-state index in [-0.39, 0.29) is 18.0 Å². The summed E-state index contributed by atoms with van der Waals surface area (Å²) >= 11 is 3.39. The normalized spacial score (nSPS) is 17.0. The van der Waals surface area contributed by atoms with E-state index in [0.717, 1.165) is 10.0 Å². The van der Waals surface area contributed by atoms with E-state index < -0.39 is 10.5 Å². The van der Waals surface area contributed by atoms with Crippen LogP contribution in [0.1, 0.15) is 28.8 Å². The van der Waals surface area contributed by atoms with Crippen molar-refractivity contribution < 1.29 is 14.8 Å². The molecule has 0 aromatic heterocycles. The van der Waals surface area contributed by atoms with E-state index >= 15 is 0 Å². The number of hydrogen-bond donors (Lipinski definition) is 1. The van der Waals surface area contributed by atoms with Crippen molar-refractivity contribution in [3.8, 4) is 0 Å². The number of nitrogens with zero attached hydrogens (tertiary/aromatic N) is 2. The van der Waals surface area contributed by atoms with Gasteiger partial charge in [-0.1, -0.05) is 40.2 Å². The standard InChI is InChI=1S/C19H19BrN2O4/c20-16-6-4-15(5-7-16)19(24)8-10-21(11-9-19)13-18(23)14-2-1-3-17(12-14)22(25)26/h1-7,12,24H,8-11,13H2. The molecule has 0 unspecified atom stereocenters. The number of nitro groups is 1. The lowest BCUT2D eigenvalue weighted by Gasteiger charge is -2.38. The van der Waals surface area contributed by atoms with Crippen LogP contribution < -0.4 is 0 Å². The van der Waals surface area contributed by atoms with Gasteiger partial charge in [0.1, 0.15) is 0 Å². The minimum Gasteiger partial charge on any atom is -0.385 e. The third-order valence-electron chi connectivity index (χ3n) is 4.81. The van der Waals surface area contributed by atoms with E-state index in [1.165, 1.54) is 18.2 Å². The van der Waals surface area contributed by atoms with Crippen molar-refractivity contribution in [3.05, 3.63) is 74.2 Å². The molecule has 1 fully saturated rings. The summed E-state index contributed by atoms with van der Waals surface area (Å²) in [6.45, 7) is 1.37. The van der Waals surface area contributed by atoms with Gasteiger partial charge in [0.25, 0.3) is 5.69 Å². The van der Waals surface area contributed by atoms with Gasteiger partial charge >= 0.3 is 0 Å². The second-order valence-electron chi connectivity index (χ2n) is 6.55. The van der Waals surface area contributed by atoms with E-state index in [4.69, 9.17) is 0 Å². The van der Waals surface area contributed by atoms with Crippen molar-refractivity contribution in [2.45, 2.75) is 18.4 Å². The van der Waals surface area contributed by atoms with Gasteiger partial charge in [0.2, 0.25) is 0 Å². The zero-order chi connectivity index (χ0) is 18.7. The molecule has 0 atom stereocenters.